The zero-order valence-corrected chi connectivity index (χ0v) is 10.7. The molecule has 1 aromatic carbocycles. The monoisotopic (exact) mass is 272 g/mol. The van der Waals surface area contributed by atoms with Gasteiger partial charge in [-0.25, -0.2) is 0 Å². The topological polar surface area (TPSA) is 83.6 Å². The van der Waals surface area contributed by atoms with Crippen LogP contribution in [0.2, 0.25) is 0 Å². The van der Waals surface area contributed by atoms with Crippen LogP contribution in [0.15, 0.2) is 35.0 Å². The van der Waals surface area contributed by atoms with Gasteiger partial charge in [0.2, 0.25) is 0 Å². The van der Waals surface area contributed by atoms with Gasteiger partial charge in [-0.3, -0.25) is 9.59 Å². The lowest BCUT2D eigenvalue weighted by atomic mass is 10.00. The minimum Gasteiger partial charge on any atom is -0.481 e. The number of benzene rings is 1. The fourth-order valence-corrected chi connectivity index (χ4v) is 2.50. The molecule has 1 aromatic heterocycles. The second-order valence-corrected chi connectivity index (χ2v) is 4.68. The van der Waals surface area contributed by atoms with E-state index in [1.165, 1.54) is 11.1 Å². The summed E-state index contributed by atoms with van der Waals surface area (Å²) >= 11 is 0. The zero-order valence-electron chi connectivity index (χ0n) is 10.7. The van der Waals surface area contributed by atoms with Gasteiger partial charge in [0.25, 0.3) is 5.91 Å². The van der Waals surface area contributed by atoms with E-state index in [-0.39, 0.29) is 12.3 Å². The second kappa shape index (κ2) is 4.48. The summed E-state index contributed by atoms with van der Waals surface area (Å²) in [7, 11) is 1.57. The molecule has 0 radical (unpaired) electrons. The highest BCUT2D eigenvalue weighted by Gasteiger charge is 2.35. The number of hydrogen-bond donors (Lipinski definition) is 1. The largest absolute Gasteiger partial charge is 0.481 e. The van der Waals surface area contributed by atoms with Gasteiger partial charge in [0, 0.05) is 18.2 Å². The molecule has 2 heterocycles. The quantitative estimate of drug-likeness (QED) is 0.903. The number of carboxylic acids is 1. The first-order valence-corrected chi connectivity index (χ1v) is 6.12. The molecule has 3 rings (SSSR count). The lowest BCUT2D eigenvalue weighted by molar-refractivity contribution is -0.138. The van der Waals surface area contributed by atoms with Gasteiger partial charge in [0.15, 0.2) is 5.76 Å². The highest BCUT2D eigenvalue weighted by molar-refractivity contribution is 6.02. The number of amides is 1. The van der Waals surface area contributed by atoms with Crippen LogP contribution < -0.4 is 0 Å². The van der Waals surface area contributed by atoms with Crippen molar-refractivity contribution in [3.63, 3.8) is 0 Å². The molecule has 1 aliphatic heterocycles. The average molecular weight is 272 g/mol. The number of aliphatic carboxylic acids is 1. The average Bonchev–Trinajstić information content (AvgIpc) is 2.89. The Morgan fingerprint density at radius 2 is 2.05 bits per heavy atom. The maximum absolute atomic E-state index is 12.5. The van der Waals surface area contributed by atoms with Crippen LogP contribution in [0.1, 0.15) is 28.6 Å². The molecule has 102 valence electrons. The van der Waals surface area contributed by atoms with Crippen molar-refractivity contribution in [2.75, 3.05) is 7.05 Å². The third kappa shape index (κ3) is 1.77. The molecule has 6 nitrogen and oxygen atoms in total. The Bertz CT molecular complexity index is 692. The predicted molar refractivity (Wildman–Crippen MR) is 69.0 cm³/mol. The lowest BCUT2D eigenvalue weighted by Crippen LogP contribution is -2.31. The minimum atomic E-state index is -0.997. The first kappa shape index (κ1) is 12.4. The molecule has 1 N–H and O–H groups in total. The van der Waals surface area contributed by atoms with E-state index in [1.807, 2.05) is 6.07 Å². The number of aromatic nitrogens is 1. The third-order valence-electron chi connectivity index (χ3n) is 3.50. The lowest BCUT2D eigenvalue weighted by Gasteiger charge is -2.23. The fraction of sp³-hybridized carbons (Fsp3) is 0.214. The molecule has 0 saturated heterocycles. The fourth-order valence-electron chi connectivity index (χ4n) is 2.50. The van der Waals surface area contributed by atoms with Crippen molar-refractivity contribution in [2.45, 2.75) is 12.5 Å². The maximum atomic E-state index is 12.5. The van der Waals surface area contributed by atoms with E-state index in [0.717, 1.165) is 0 Å². The van der Waals surface area contributed by atoms with Crippen LogP contribution in [0.5, 0.6) is 0 Å². The molecule has 1 amide bonds. The molecule has 1 atom stereocenters. The SMILES string of the molecule is CN1C(=O)c2ccccc2-c2cnoc2[C@@H]1CC(=O)O. The Labute approximate surface area is 114 Å². The standard InChI is InChI=1S/C14H12N2O4/c1-16-11(6-12(17)18)13-10(7-15-20-13)8-4-2-3-5-9(8)14(16)19/h2-5,7,11H,6H2,1H3,(H,17,18)/t11-/m0/s1. The first-order valence-electron chi connectivity index (χ1n) is 6.12. The van der Waals surface area contributed by atoms with Crippen LogP contribution in [0.4, 0.5) is 0 Å². The number of carbonyl (C=O) groups excluding carboxylic acids is 1. The molecular formula is C14H12N2O4. The Balaban J connectivity index is 2.22. The van der Waals surface area contributed by atoms with E-state index < -0.39 is 12.0 Å². The van der Waals surface area contributed by atoms with Crippen LogP contribution >= 0.6 is 0 Å². The molecule has 0 spiro atoms. The summed E-state index contributed by atoms with van der Waals surface area (Å²) in [4.78, 5) is 24.9. The first-order chi connectivity index (χ1) is 9.59. The normalized spacial score (nSPS) is 17.4. The smallest absolute Gasteiger partial charge is 0.305 e. The van der Waals surface area contributed by atoms with Gasteiger partial charge in [-0.1, -0.05) is 23.4 Å². The van der Waals surface area contributed by atoms with Crippen molar-refractivity contribution in [1.29, 1.82) is 0 Å². The van der Waals surface area contributed by atoms with Crippen LogP contribution in [-0.2, 0) is 4.79 Å². The number of nitrogens with zero attached hydrogens (tertiary/aromatic N) is 2. The van der Waals surface area contributed by atoms with Crippen LogP contribution in [0, 0.1) is 0 Å². The van der Waals surface area contributed by atoms with Crippen molar-refractivity contribution in [3.8, 4) is 11.1 Å². The summed E-state index contributed by atoms with van der Waals surface area (Å²) < 4.78 is 5.22. The van der Waals surface area contributed by atoms with Gasteiger partial charge in [-0.05, 0) is 11.6 Å². The molecular weight excluding hydrogens is 260 g/mol. The van der Waals surface area contributed by atoms with Gasteiger partial charge in [-0.2, -0.15) is 0 Å². The summed E-state index contributed by atoms with van der Waals surface area (Å²) in [6.45, 7) is 0. The summed E-state index contributed by atoms with van der Waals surface area (Å²) in [5.41, 5.74) is 1.91. The van der Waals surface area contributed by atoms with Gasteiger partial charge in [-0.15, -0.1) is 0 Å². The molecule has 0 saturated carbocycles. The Hall–Kier alpha value is -2.63. The molecule has 0 aliphatic carbocycles. The van der Waals surface area contributed by atoms with Gasteiger partial charge >= 0.3 is 5.97 Å². The Morgan fingerprint density at radius 1 is 1.35 bits per heavy atom. The predicted octanol–water partition coefficient (Wildman–Crippen LogP) is 1.94. The molecule has 0 bridgehead atoms. The molecule has 0 unspecified atom stereocenters. The van der Waals surface area contributed by atoms with Gasteiger partial charge < -0.3 is 14.5 Å². The summed E-state index contributed by atoms with van der Waals surface area (Å²) in [6.07, 6.45) is 1.30. The summed E-state index contributed by atoms with van der Waals surface area (Å²) in [6, 6.07) is 6.45. The Kier molecular flexibility index (Phi) is 2.78. The summed E-state index contributed by atoms with van der Waals surface area (Å²) in [5, 5.41) is 12.8. The van der Waals surface area contributed by atoms with Crippen molar-refractivity contribution in [3.05, 3.63) is 41.8 Å². The molecule has 20 heavy (non-hydrogen) atoms. The van der Waals surface area contributed by atoms with Crippen LogP contribution in [-0.4, -0.2) is 34.1 Å². The van der Waals surface area contributed by atoms with E-state index in [9.17, 15) is 9.59 Å². The van der Waals surface area contributed by atoms with Crippen LogP contribution in [0.25, 0.3) is 11.1 Å². The number of fused-ring (bicyclic) bond motifs is 3. The van der Waals surface area contributed by atoms with E-state index >= 15 is 0 Å². The van der Waals surface area contributed by atoms with Crippen molar-refractivity contribution in [2.24, 2.45) is 0 Å². The third-order valence-corrected chi connectivity index (χ3v) is 3.50. The van der Waals surface area contributed by atoms with Gasteiger partial charge in [0.1, 0.15) is 6.04 Å². The summed E-state index contributed by atoms with van der Waals surface area (Å²) in [5.74, 6) is -0.811. The molecule has 1 aliphatic rings. The van der Waals surface area contributed by atoms with E-state index in [2.05, 4.69) is 5.16 Å². The number of carbonyl (C=O) groups is 2. The zero-order chi connectivity index (χ0) is 14.3. The van der Waals surface area contributed by atoms with Crippen molar-refractivity contribution < 1.29 is 19.2 Å². The van der Waals surface area contributed by atoms with E-state index in [0.29, 0.717) is 22.5 Å². The minimum absolute atomic E-state index is 0.224. The van der Waals surface area contributed by atoms with Crippen molar-refractivity contribution >= 4 is 11.9 Å². The molecule has 2 aromatic rings. The van der Waals surface area contributed by atoms with E-state index in [4.69, 9.17) is 9.63 Å². The maximum Gasteiger partial charge on any atom is 0.305 e. The molecule has 0 fully saturated rings. The van der Waals surface area contributed by atoms with Crippen molar-refractivity contribution in [1.82, 2.24) is 10.1 Å². The molecule has 6 heteroatoms. The van der Waals surface area contributed by atoms with Crippen LogP contribution in [0.3, 0.4) is 0 Å². The van der Waals surface area contributed by atoms with Gasteiger partial charge in [0.05, 0.1) is 12.6 Å². The number of hydrogen-bond acceptors (Lipinski definition) is 4. The number of rotatable bonds is 2. The number of carboxylic acid groups (broad SMARTS) is 1. The highest BCUT2D eigenvalue weighted by atomic mass is 16.5. The highest BCUT2D eigenvalue weighted by Crippen LogP contribution is 2.38. The second-order valence-electron chi connectivity index (χ2n) is 4.68. The Morgan fingerprint density at radius 3 is 2.75 bits per heavy atom. The van der Waals surface area contributed by atoms with E-state index in [1.54, 1.807) is 25.2 Å².